The molecule has 0 aliphatic heterocycles. The summed E-state index contributed by atoms with van der Waals surface area (Å²) in [6.45, 7) is 0.599. The molecule has 0 unspecified atom stereocenters. The molecule has 4 nitrogen and oxygen atoms in total. The number of rotatable bonds is 5. The van der Waals surface area contributed by atoms with Crippen LogP contribution in [-0.2, 0) is 6.42 Å². The maximum atomic E-state index is 12.7. The van der Waals surface area contributed by atoms with Gasteiger partial charge in [-0.25, -0.2) is 14.2 Å². The topological polar surface area (TPSA) is 62.2 Å². The van der Waals surface area contributed by atoms with Crippen LogP contribution in [0.15, 0.2) is 42.5 Å². The van der Waals surface area contributed by atoms with Gasteiger partial charge in [0, 0.05) is 6.54 Å². The molecule has 0 radical (unpaired) electrons. The van der Waals surface area contributed by atoms with Crippen LogP contribution in [0.4, 0.5) is 10.2 Å². The highest BCUT2D eigenvalue weighted by molar-refractivity contribution is 5.85. The van der Waals surface area contributed by atoms with Gasteiger partial charge < -0.3 is 10.4 Å². The minimum absolute atomic E-state index is 0.00628. The van der Waals surface area contributed by atoms with Gasteiger partial charge in [0.05, 0.1) is 0 Å². The molecule has 0 aliphatic carbocycles. The van der Waals surface area contributed by atoms with E-state index in [0.29, 0.717) is 18.8 Å². The third kappa shape index (κ3) is 3.77. The number of aromatic carboxylic acids is 1. The number of hydrogen-bond acceptors (Lipinski definition) is 3. The van der Waals surface area contributed by atoms with Gasteiger partial charge in [0.2, 0.25) is 0 Å². The standard InChI is InChI=1S/C14H13FN2O2/c15-11-6-4-10(5-7-11)8-9-16-13-3-1-2-12(17-13)14(18)19/h1-7H,8-9H2,(H,16,17)(H,18,19). The van der Waals surface area contributed by atoms with Gasteiger partial charge in [0.25, 0.3) is 0 Å². The fourth-order valence-corrected chi connectivity index (χ4v) is 1.64. The highest BCUT2D eigenvalue weighted by Crippen LogP contribution is 2.07. The zero-order chi connectivity index (χ0) is 13.7. The van der Waals surface area contributed by atoms with E-state index in [1.165, 1.54) is 18.2 Å². The zero-order valence-electron chi connectivity index (χ0n) is 10.1. The van der Waals surface area contributed by atoms with Crippen molar-refractivity contribution in [2.45, 2.75) is 6.42 Å². The Kier molecular flexibility index (Phi) is 4.07. The fraction of sp³-hybridized carbons (Fsp3) is 0.143. The quantitative estimate of drug-likeness (QED) is 0.867. The molecule has 0 bridgehead atoms. The maximum absolute atomic E-state index is 12.7. The Morgan fingerprint density at radius 3 is 2.63 bits per heavy atom. The first-order chi connectivity index (χ1) is 9.15. The minimum Gasteiger partial charge on any atom is -0.477 e. The van der Waals surface area contributed by atoms with Crippen LogP contribution in [0.2, 0.25) is 0 Å². The van der Waals surface area contributed by atoms with Crippen molar-refractivity contribution < 1.29 is 14.3 Å². The highest BCUT2D eigenvalue weighted by Gasteiger charge is 2.04. The average molecular weight is 260 g/mol. The first kappa shape index (κ1) is 13.0. The van der Waals surface area contributed by atoms with Crippen molar-refractivity contribution in [3.63, 3.8) is 0 Å². The average Bonchev–Trinajstić information content (AvgIpc) is 2.41. The number of nitrogens with zero attached hydrogens (tertiary/aromatic N) is 1. The minimum atomic E-state index is -1.05. The second-order valence-corrected chi connectivity index (χ2v) is 4.02. The van der Waals surface area contributed by atoms with Crippen LogP contribution in [0.5, 0.6) is 0 Å². The Morgan fingerprint density at radius 2 is 1.95 bits per heavy atom. The number of benzene rings is 1. The van der Waals surface area contributed by atoms with Crippen molar-refractivity contribution in [1.82, 2.24) is 4.98 Å². The van der Waals surface area contributed by atoms with E-state index in [0.717, 1.165) is 5.56 Å². The molecular weight excluding hydrogens is 247 g/mol. The largest absolute Gasteiger partial charge is 0.477 e. The van der Waals surface area contributed by atoms with Crippen LogP contribution in [0.25, 0.3) is 0 Å². The van der Waals surface area contributed by atoms with Crippen LogP contribution in [0, 0.1) is 5.82 Å². The van der Waals surface area contributed by atoms with Gasteiger partial charge in [-0.3, -0.25) is 0 Å². The third-order valence-electron chi connectivity index (χ3n) is 2.60. The molecule has 98 valence electrons. The van der Waals surface area contributed by atoms with Crippen LogP contribution in [0.3, 0.4) is 0 Å². The molecule has 0 saturated carbocycles. The molecule has 1 aromatic carbocycles. The molecule has 0 atom stereocenters. The smallest absolute Gasteiger partial charge is 0.354 e. The monoisotopic (exact) mass is 260 g/mol. The summed E-state index contributed by atoms with van der Waals surface area (Å²) in [5.74, 6) is -0.795. The Morgan fingerprint density at radius 1 is 1.21 bits per heavy atom. The Bertz CT molecular complexity index is 570. The maximum Gasteiger partial charge on any atom is 0.354 e. The van der Waals surface area contributed by atoms with Gasteiger partial charge in [0.1, 0.15) is 11.6 Å². The predicted molar refractivity (Wildman–Crippen MR) is 69.8 cm³/mol. The number of carbonyl (C=O) groups is 1. The van der Waals surface area contributed by atoms with E-state index < -0.39 is 5.97 Å². The lowest BCUT2D eigenvalue weighted by Gasteiger charge is -2.06. The number of aromatic nitrogens is 1. The number of carboxylic acid groups (broad SMARTS) is 1. The summed E-state index contributed by atoms with van der Waals surface area (Å²) in [6, 6.07) is 11.1. The number of anilines is 1. The van der Waals surface area contributed by atoms with Gasteiger partial charge in [-0.15, -0.1) is 0 Å². The summed E-state index contributed by atoms with van der Waals surface area (Å²) in [6.07, 6.45) is 0.708. The molecule has 0 aliphatic rings. The first-order valence-electron chi connectivity index (χ1n) is 5.84. The van der Waals surface area contributed by atoms with Crippen LogP contribution in [0.1, 0.15) is 16.1 Å². The van der Waals surface area contributed by atoms with Crippen LogP contribution >= 0.6 is 0 Å². The molecule has 5 heteroatoms. The molecule has 2 rings (SSSR count). The summed E-state index contributed by atoms with van der Waals surface area (Å²) < 4.78 is 12.7. The number of carboxylic acids is 1. The molecule has 2 N–H and O–H groups in total. The van der Waals surface area contributed by atoms with Crippen molar-refractivity contribution in [2.75, 3.05) is 11.9 Å². The summed E-state index contributed by atoms with van der Waals surface area (Å²) in [5, 5.41) is 11.8. The second kappa shape index (κ2) is 5.95. The predicted octanol–water partition coefficient (Wildman–Crippen LogP) is 2.57. The summed E-state index contributed by atoms with van der Waals surface area (Å²) in [5.41, 5.74) is 1.01. The van der Waals surface area contributed by atoms with Gasteiger partial charge in [-0.1, -0.05) is 18.2 Å². The summed E-state index contributed by atoms with van der Waals surface area (Å²) in [7, 11) is 0. The molecular formula is C14H13FN2O2. The zero-order valence-corrected chi connectivity index (χ0v) is 10.1. The van der Waals surface area contributed by atoms with Gasteiger partial charge in [0.15, 0.2) is 5.69 Å². The lowest BCUT2D eigenvalue weighted by atomic mass is 10.1. The van der Waals surface area contributed by atoms with Gasteiger partial charge in [-0.2, -0.15) is 0 Å². The number of pyridine rings is 1. The van der Waals surface area contributed by atoms with E-state index in [9.17, 15) is 9.18 Å². The van der Waals surface area contributed by atoms with E-state index in [4.69, 9.17) is 5.11 Å². The van der Waals surface area contributed by atoms with Crippen molar-refractivity contribution >= 4 is 11.8 Å². The SMILES string of the molecule is O=C(O)c1cccc(NCCc2ccc(F)cc2)n1. The van der Waals surface area contributed by atoms with E-state index in [-0.39, 0.29) is 11.5 Å². The van der Waals surface area contributed by atoms with E-state index in [1.807, 2.05) is 0 Å². The van der Waals surface area contributed by atoms with E-state index in [2.05, 4.69) is 10.3 Å². The number of halogens is 1. The van der Waals surface area contributed by atoms with E-state index in [1.54, 1.807) is 24.3 Å². The second-order valence-electron chi connectivity index (χ2n) is 4.02. The normalized spacial score (nSPS) is 10.2. The third-order valence-corrected chi connectivity index (χ3v) is 2.60. The van der Waals surface area contributed by atoms with Crippen LogP contribution < -0.4 is 5.32 Å². The number of nitrogens with one attached hydrogen (secondary N) is 1. The number of hydrogen-bond donors (Lipinski definition) is 2. The van der Waals surface area contributed by atoms with Crippen LogP contribution in [-0.4, -0.2) is 22.6 Å². The van der Waals surface area contributed by atoms with Gasteiger partial charge in [-0.05, 0) is 36.2 Å². The van der Waals surface area contributed by atoms with Crippen molar-refractivity contribution in [1.29, 1.82) is 0 Å². The summed E-state index contributed by atoms with van der Waals surface area (Å²) in [4.78, 5) is 14.7. The molecule has 1 aromatic heterocycles. The molecule has 19 heavy (non-hydrogen) atoms. The summed E-state index contributed by atoms with van der Waals surface area (Å²) >= 11 is 0. The lowest BCUT2D eigenvalue weighted by Crippen LogP contribution is -2.08. The molecule has 1 heterocycles. The van der Waals surface area contributed by atoms with Crippen molar-refractivity contribution in [3.8, 4) is 0 Å². The fourth-order valence-electron chi connectivity index (χ4n) is 1.64. The van der Waals surface area contributed by atoms with Crippen molar-refractivity contribution in [2.24, 2.45) is 0 Å². The first-order valence-corrected chi connectivity index (χ1v) is 5.84. The Labute approximate surface area is 109 Å². The van der Waals surface area contributed by atoms with Gasteiger partial charge >= 0.3 is 5.97 Å². The lowest BCUT2D eigenvalue weighted by molar-refractivity contribution is 0.0690. The molecule has 0 amide bonds. The molecule has 0 saturated heterocycles. The molecule has 2 aromatic rings. The highest BCUT2D eigenvalue weighted by atomic mass is 19.1. The molecule has 0 fully saturated rings. The van der Waals surface area contributed by atoms with Crippen molar-refractivity contribution in [3.05, 3.63) is 59.5 Å². The van der Waals surface area contributed by atoms with E-state index >= 15 is 0 Å². The molecule has 0 spiro atoms. The Hall–Kier alpha value is -2.43. The Balaban J connectivity index is 1.90.